The molecule has 2 fully saturated rings. The Labute approximate surface area is 119 Å². The van der Waals surface area contributed by atoms with E-state index in [2.05, 4.69) is 17.1 Å². The molecule has 2 rings (SSSR count). The Balaban J connectivity index is 1.91. The highest BCUT2D eigenvalue weighted by atomic mass is 16.2. The lowest BCUT2D eigenvalue weighted by molar-refractivity contribution is -0.132. The van der Waals surface area contributed by atoms with Crippen molar-refractivity contribution >= 4 is 11.9 Å². The molecule has 2 aliphatic heterocycles. The number of rotatable bonds is 5. The molecule has 20 heavy (non-hydrogen) atoms. The number of amides is 3. The zero-order valence-corrected chi connectivity index (χ0v) is 12.0. The maximum Gasteiger partial charge on any atom is 0.325 e. The highest BCUT2D eigenvalue weighted by Gasteiger charge is 2.52. The molecule has 3 amide bonds. The lowest BCUT2D eigenvalue weighted by Crippen LogP contribution is -2.55. The van der Waals surface area contributed by atoms with E-state index in [9.17, 15) is 9.59 Å². The maximum atomic E-state index is 12.3. The average molecular weight is 278 g/mol. The van der Waals surface area contributed by atoms with Gasteiger partial charge in [0.2, 0.25) is 0 Å². The Morgan fingerprint density at radius 2 is 2.00 bits per heavy atom. The van der Waals surface area contributed by atoms with E-state index in [1.165, 1.54) is 19.3 Å². The van der Waals surface area contributed by atoms with E-state index < -0.39 is 11.6 Å². The first kappa shape index (κ1) is 14.8. The third kappa shape index (κ3) is 2.78. The molecule has 0 aromatic heterocycles. The standard InChI is InChI=1S/C14H22N4O2/c1-2-3-4-8-17-9-5-14(6-10-17)12(19)18(11-7-15)13(20)16-14/h2-6,8-11H2,1H3,(H,16,20). The summed E-state index contributed by atoms with van der Waals surface area (Å²) in [7, 11) is 0. The minimum absolute atomic E-state index is 0.160. The molecule has 0 unspecified atom stereocenters. The van der Waals surface area contributed by atoms with Crippen LogP contribution in [0.2, 0.25) is 0 Å². The van der Waals surface area contributed by atoms with E-state index in [1.807, 2.05) is 6.07 Å². The molecule has 1 N–H and O–H groups in total. The van der Waals surface area contributed by atoms with E-state index in [0.29, 0.717) is 12.8 Å². The molecule has 110 valence electrons. The van der Waals surface area contributed by atoms with Crippen LogP contribution in [0.15, 0.2) is 0 Å². The van der Waals surface area contributed by atoms with Gasteiger partial charge in [0.25, 0.3) is 5.91 Å². The molecule has 6 heteroatoms. The number of carbonyl (C=O) groups is 2. The van der Waals surface area contributed by atoms with Gasteiger partial charge >= 0.3 is 6.03 Å². The summed E-state index contributed by atoms with van der Waals surface area (Å²) in [4.78, 5) is 27.5. The van der Waals surface area contributed by atoms with Gasteiger partial charge < -0.3 is 10.2 Å². The molecule has 0 aliphatic carbocycles. The number of likely N-dealkylation sites (tertiary alicyclic amines) is 1. The molecule has 2 heterocycles. The number of hydrogen-bond donors (Lipinski definition) is 1. The number of nitriles is 1. The largest absolute Gasteiger partial charge is 0.325 e. The van der Waals surface area contributed by atoms with Crippen molar-refractivity contribution in [1.82, 2.24) is 15.1 Å². The number of urea groups is 1. The number of unbranched alkanes of at least 4 members (excludes halogenated alkanes) is 2. The molecule has 0 atom stereocenters. The Kier molecular flexibility index (Phi) is 4.61. The lowest BCUT2D eigenvalue weighted by atomic mass is 9.87. The smallest absolute Gasteiger partial charge is 0.323 e. The Hall–Kier alpha value is -1.61. The Morgan fingerprint density at radius 1 is 1.30 bits per heavy atom. The first-order chi connectivity index (χ1) is 9.63. The van der Waals surface area contributed by atoms with E-state index in [0.717, 1.165) is 24.5 Å². The Morgan fingerprint density at radius 3 is 2.60 bits per heavy atom. The summed E-state index contributed by atoms with van der Waals surface area (Å²) in [5.74, 6) is -0.225. The number of carbonyl (C=O) groups excluding carboxylic acids is 2. The van der Waals surface area contributed by atoms with Gasteiger partial charge in [0.15, 0.2) is 0 Å². The van der Waals surface area contributed by atoms with Crippen molar-refractivity contribution < 1.29 is 9.59 Å². The SMILES string of the molecule is CCCCCN1CCC2(CC1)NC(=O)N(CC#N)C2=O. The minimum Gasteiger partial charge on any atom is -0.323 e. The van der Waals surface area contributed by atoms with Crippen molar-refractivity contribution in [2.24, 2.45) is 0 Å². The minimum atomic E-state index is -0.755. The van der Waals surface area contributed by atoms with Crippen LogP contribution in [0.4, 0.5) is 4.79 Å². The first-order valence-electron chi connectivity index (χ1n) is 7.36. The van der Waals surface area contributed by atoms with Crippen LogP contribution in [-0.2, 0) is 4.79 Å². The van der Waals surface area contributed by atoms with Crippen LogP contribution in [0.25, 0.3) is 0 Å². The van der Waals surface area contributed by atoms with Crippen molar-refractivity contribution in [2.45, 2.75) is 44.6 Å². The van der Waals surface area contributed by atoms with Gasteiger partial charge in [0.1, 0.15) is 12.1 Å². The molecule has 0 saturated carbocycles. The maximum absolute atomic E-state index is 12.3. The molecule has 0 aromatic carbocycles. The molecule has 0 bridgehead atoms. The molecule has 6 nitrogen and oxygen atoms in total. The molecule has 0 radical (unpaired) electrons. The first-order valence-corrected chi connectivity index (χ1v) is 7.36. The molecule has 2 aliphatic rings. The van der Waals surface area contributed by atoms with Crippen molar-refractivity contribution in [1.29, 1.82) is 5.26 Å². The molecule has 1 spiro atoms. The van der Waals surface area contributed by atoms with Crippen LogP contribution in [0, 0.1) is 11.3 Å². The number of piperidine rings is 1. The second-order valence-electron chi connectivity index (χ2n) is 5.61. The van der Waals surface area contributed by atoms with Crippen LogP contribution in [0.3, 0.4) is 0 Å². The van der Waals surface area contributed by atoms with Crippen molar-refractivity contribution in [3.8, 4) is 6.07 Å². The average Bonchev–Trinajstić information content (AvgIpc) is 2.67. The predicted octanol–water partition coefficient (Wildman–Crippen LogP) is 1.09. The highest BCUT2D eigenvalue weighted by molar-refractivity contribution is 6.07. The van der Waals surface area contributed by atoms with Crippen LogP contribution in [0.1, 0.15) is 39.0 Å². The van der Waals surface area contributed by atoms with Gasteiger partial charge in [0.05, 0.1) is 6.07 Å². The third-order valence-corrected chi connectivity index (χ3v) is 4.26. The van der Waals surface area contributed by atoms with Crippen molar-refractivity contribution in [3.05, 3.63) is 0 Å². The molecule has 0 aromatic rings. The second-order valence-corrected chi connectivity index (χ2v) is 5.61. The van der Waals surface area contributed by atoms with E-state index in [4.69, 9.17) is 5.26 Å². The zero-order chi connectivity index (χ0) is 14.6. The number of hydrogen-bond acceptors (Lipinski definition) is 4. The fourth-order valence-corrected chi connectivity index (χ4v) is 2.97. The quantitative estimate of drug-likeness (QED) is 0.464. The molecule has 2 saturated heterocycles. The van der Waals surface area contributed by atoms with Gasteiger partial charge in [-0.15, -0.1) is 0 Å². The van der Waals surface area contributed by atoms with Crippen molar-refractivity contribution in [3.63, 3.8) is 0 Å². The van der Waals surface area contributed by atoms with Gasteiger partial charge in [-0.3, -0.25) is 4.79 Å². The lowest BCUT2D eigenvalue weighted by Gasteiger charge is -2.37. The summed E-state index contributed by atoms with van der Waals surface area (Å²) in [5.41, 5.74) is -0.755. The molecular formula is C14H22N4O2. The second kappa shape index (κ2) is 6.23. The zero-order valence-electron chi connectivity index (χ0n) is 12.0. The predicted molar refractivity (Wildman–Crippen MR) is 73.8 cm³/mol. The van der Waals surface area contributed by atoms with Gasteiger partial charge in [-0.25, -0.2) is 9.69 Å². The summed E-state index contributed by atoms with van der Waals surface area (Å²) < 4.78 is 0. The highest BCUT2D eigenvalue weighted by Crippen LogP contribution is 2.29. The monoisotopic (exact) mass is 278 g/mol. The molecular weight excluding hydrogens is 256 g/mol. The number of nitrogens with zero attached hydrogens (tertiary/aromatic N) is 3. The topological polar surface area (TPSA) is 76.4 Å². The summed E-state index contributed by atoms with van der Waals surface area (Å²) in [6.07, 6.45) is 4.91. The van der Waals surface area contributed by atoms with Crippen LogP contribution in [-0.4, -0.2) is 53.5 Å². The summed E-state index contributed by atoms with van der Waals surface area (Å²) in [6, 6.07) is 1.45. The fourth-order valence-electron chi connectivity index (χ4n) is 2.97. The third-order valence-electron chi connectivity index (χ3n) is 4.26. The summed E-state index contributed by atoms with van der Waals surface area (Å²) >= 11 is 0. The fraction of sp³-hybridized carbons (Fsp3) is 0.786. The number of imide groups is 1. The normalized spacial score (nSPS) is 22.1. The van der Waals surface area contributed by atoms with Gasteiger partial charge in [0, 0.05) is 13.1 Å². The summed E-state index contributed by atoms with van der Waals surface area (Å²) in [6.45, 7) is 4.74. The van der Waals surface area contributed by atoms with E-state index in [1.54, 1.807) is 0 Å². The summed E-state index contributed by atoms with van der Waals surface area (Å²) in [5, 5.41) is 11.5. The van der Waals surface area contributed by atoms with Crippen LogP contribution >= 0.6 is 0 Å². The van der Waals surface area contributed by atoms with Gasteiger partial charge in [-0.1, -0.05) is 19.8 Å². The van der Waals surface area contributed by atoms with Gasteiger partial charge in [-0.2, -0.15) is 5.26 Å². The number of nitrogens with one attached hydrogen (secondary N) is 1. The van der Waals surface area contributed by atoms with Crippen LogP contribution < -0.4 is 5.32 Å². The van der Waals surface area contributed by atoms with Crippen LogP contribution in [0.5, 0.6) is 0 Å². The van der Waals surface area contributed by atoms with E-state index >= 15 is 0 Å². The van der Waals surface area contributed by atoms with E-state index in [-0.39, 0.29) is 12.5 Å². The van der Waals surface area contributed by atoms with Gasteiger partial charge in [-0.05, 0) is 25.8 Å². The van der Waals surface area contributed by atoms with Crippen molar-refractivity contribution in [2.75, 3.05) is 26.2 Å². The Bertz CT molecular complexity index is 421.